The van der Waals surface area contributed by atoms with Crippen LogP contribution in [-0.2, 0) is 6.42 Å². The van der Waals surface area contributed by atoms with Crippen LogP contribution >= 0.6 is 0 Å². The minimum atomic E-state index is 0.207. The summed E-state index contributed by atoms with van der Waals surface area (Å²) in [6.07, 6.45) is 1.01. The van der Waals surface area contributed by atoms with Gasteiger partial charge in [0.1, 0.15) is 0 Å². The molecule has 0 aliphatic heterocycles. The lowest BCUT2D eigenvalue weighted by Gasteiger charge is -2.12. The van der Waals surface area contributed by atoms with Gasteiger partial charge in [0.2, 0.25) is 0 Å². The summed E-state index contributed by atoms with van der Waals surface area (Å²) in [5, 5.41) is 11.8. The van der Waals surface area contributed by atoms with Gasteiger partial charge in [-0.1, -0.05) is 30.3 Å². The Bertz CT molecular complexity index is 223. The summed E-state index contributed by atoms with van der Waals surface area (Å²) in [4.78, 5) is 0. The first kappa shape index (κ1) is 10.2. The highest BCUT2D eigenvalue weighted by molar-refractivity contribution is 5.15. The van der Waals surface area contributed by atoms with Crippen LogP contribution in [0, 0.1) is 0 Å². The Morgan fingerprint density at radius 3 is 2.62 bits per heavy atom. The number of benzene rings is 1. The SMILES string of the molecule is CC(Cc1ccccc1)NCCO. The fourth-order valence-electron chi connectivity index (χ4n) is 1.35. The molecule has 0 spiro atoms. The predicted molar refractivity (Wildman–Crippen MR) is 54.7 cm³/mol. The second-order valence-electron chi connectivity index (χ2n) is 3.27. The number of hydrogen-bond donors (Lipinski definition) is 2. The van der Waals surface area contributed by atoms with Gasteiger partial charge in [0.25, 0.3) is 0 Å². The van der Waals surface area contributed by atoms with E-state index in [1.807, 2.05) is 18.2 Å². The quantitative estimate of drug-likeness (QED) is 0.712. The van der Waals surface area contributed by atoms with E-state index in [1.165, 1.54) is 5.56 Å². The summed E-state index contributed by atoms with van der Waals surface area (Å²) < 4.78 is 0. The smallest absolute Gasteiger partial charge is 0.0556 e. The first-order valence-electron chi connectivity index (χ1n) is 4.71. The van der Waals surface area contributed by atoms with Crippen LogP contribution in [0.4, 0.5) is 0 Å². The van der Waals surface area contributed by atoms with Crippen molar-refractivity contribution >= 4 is 0 Å². The number of nitrogens with one attached hydrogen (secondary N) is 1. The Kier molecular flexibility index (Phi) is 4.50. The molecule has 1 atom stereocenters. The van der Waals surface area contributed by atoms with Crippen LogP contribution in [0.3, 0.4) is 0 Å². The van der Waals surface area contributed by atoms with Crippen molar-refractivity contribution in [3.63, 3.8) is 0 Å². The molecule has 0 fully saturated rings. The van der Waals surface area contributed by atoms with Crippen LogP contribution in [0.25, 0.3) is 0 Å². The predicted octanol–water partition coefficient (Wildman–Crippen LogP) is 1.20. The van der Waals surface area contributed by atoms with Crippen molar-refractivity contribution in [1.29, 1.82) is 0 Å². The molecule has 72 valence electrons. The Balaban J connectivity index is 2.32. The van der Waals surface area contributed by atoms with Gasteiger partial charge in [0.05, 0.1) is 6.61 Å². The molecule has 0 aliphatic rings. The molecular weight excluding hydrogens is 162 g/mol. The van der Waals surface area contributed by atoms with E-state index in [9.17, 15) is 0 Å². The molecule has 1 rings (SSSR count). The Morgan fingerprint density at radius 2 is 2.00 bits per heavy atom. The maximum atomic E-state index is 8.62. The highest BCUT2D eigenvalue weighted by Crippen LogP contribution is 2.01. The van der Waals surface area contributed by atoms with Crippen LogP contribution in [0.2, 0.25) is 0 Å². The number of aliphatic hydroxyl groups excluding tert-OH is 1. The van der Waals surface area contributed by atoms with Gasteiger partial charge >= 0.3 is 0 Å². The summed E-state index contributed by atoms with van der Waals surface area (Å²) in [5.41, 5.74) is 1.33. The zero-order valence-corrected chi connectivity index (χ0v) is 8.03. The second kappa shape index (κ2) is 5.73. The molecule has 2 nitrogen and oxygen atoms in total. The zero-order valence-electron chi connectivity index (χ0n) is 8.03. The lowest BCUT2D eigenvalue weighted by molar-refractivity contribution is 0.285. The molecule has 1 aromatic rings. The zero-order chi connectivity index (χ0) is 9.52. The van der Waals surface area contributed by atoms with Crippen molar-refractivity contribution in [3.8, 4) is 0 Å². The van der Waals surface area contributed by atoms with Crippen molar-refractivity contribution < 1.29 is 5.11 Å². The van der Waals surface area contributed by atoms with Gasteiger partial charge in [-0.3, -0.25) is 0 Å². The van der Waals surface area contributed by atoms with Crippen molar-refractivity contribution in [2.24, 2.45) is 0 Å². The van der Waals surface area contributed by atoms with Crippen LogP contribution in [-0.4, -0.2) is 24.3 Å². The monoisotopic (exact) mass is 179 g/mol. The van der Waals surface area contributed by atoms with Gasteiger partial charge in [-0.2, -0.15) is 0 Å². The molecule has 0 radical (unpaired) electrons. The summed E-state index contributed by atoms with van der Waals surface area (Å²) >= 11 is 0. The maximum absolute atomic E-state index is 8.62. The topological polar surface area (TPSA) is 32.3 Å². The molecule has 0 bridgehead atoms. The Morgan fingerprint density at radius 1 is 1.31 bits per heavy atom. The molecular formula is C11H17NO. The average molecular weight is 179 g/mol. The maximum Gasteiger partial charge on any atom is 0.0556 e. The average Bonchev–Trinajstić information content (AvgIpc) is 2.16. The van der Waals surface area contributed by atoms with Crippen LogP contribution in [0.5, 0.6) is 0 Å². The van der Waals surface area contributed by atoms with E-state index >= 15 is 0 Å². The van der Waals surface area contributed by atoms with E-state index in [4.69, 9.17) is 5.11 Å². The standard InChI is InChI=1S/C11H17NO/c1-10(12-7-8-13)9-11-5-3-2-4-6-11/h2-6,10,12-13H,7-9H2,1H3. The van der Waals surface area contributed by atoms with E-state index in [0.29, 0.717) is 12.6 Å². The minimum Gasteiger partial charge on any atom is -0.395 e. The molecule has 0 amide bonds. The van der Waals surface area contributed by atoms with E-state index in [2.05, 4.69) is 24.4 Å². The van der Waals surface area contributed by atoms with Crippen molar-refractivity contribution in [1.82, 2.24) is 5.32 Å². The van der Waals surface area contributed by atoms with Gasteiger partial charge < -0.3 is 10.4 Å². The molecule has 2 N–H and O–H groups in total. The number of hydrogen-bond acceptors (Lipinski definition) is 2. The molecule has 0 saturated carbocycles. The van der Waals surface area contributed by atoms with Gasteiger partial charge in [-0.05, 0) is 18.9 Å². The van der Waals surface area contributed by atoms with Crippen LogP contribution in [0.15, 0.2) is 30.3 Å². The first-order chi connectivity index (χ1) is 6.33. The summed E-state index contributed by atoms with van der Waals surface area (Å²) in [7, 11) is 0. The Labute approximate surface area is 79.6 Å². The second-order valence-corrected chi connectivity index (χ2v) is 3.27. The molecule has 1 aromatic carbocycles. The fourth-order valence-corrected chi connectivity index (χ4v) is 1.35. The third-order valence-electron chi connectivity index (χ3n) is 1.99. The van der Waals surface area contributed by atoms with Gasteiger partial charge in [-0.25, -0.2) is 0 Å². The third kappa shape index (κ3) is 4.06. The van der Waals surface area contributed by atoms with E-state index in [0.717, 1.165) is 6.42 Å². The van der Waals surface area contributed by atoms with Gasteiger partial charge in [-0.15, -0.1) is 0 Å². The van der Waals surface area contributed by atoms with Gasteiger partial charge in [0, 0.05) is 12.6 Å². The largest absolute Gasteiger partial charge is 0.395 e. The number of rotatable bonds is 5. The first-order valence-corrected chi connectivity index (χ1v) is 4.71. The molecule has 1 unspecified atom stereocenters. The highest BCUT2D eigenvalue weighted by atomic mass is 16.3. The molecule has 2 heteroatoms. The lowest BCUT2D eigenvalue weighted by Crippen LogP contribution is -2.30. The Hall–Kier alpha value is -0.860. The molecule has 0 saturated heterocycles. The minimum absolute atomic E-state index is 0.207. The van der Waals surface area contributed by atoms with Crippen molar-refractivity contribution in [2.45, 2.75) is 19.4 Å². The molecule has 0 aromatic heterocycles. The normalized spacial score (nSPS) is 12.8. The third-order valence-corrected chi connectivity index (χ3v) is 1.99. The molecule has 13 heavy (non-hydrogen) atoms. The lowest BCUT2D eigenvalue weighted by atomic mass is 10.1. The van der Waals surface area contributed by atoms with E-state index in [1.54, 1.807) is 0 Å². The summed E-state index contributed by atoms with van der Waals surface area (Å²) in [5.74, 6) is 0. The summed E-state index contributed by atoms with van der Waals surface area (Å²) in [6.45, 7) is 3.01. The van der Waals surface area contributed by atoms with Crippen molar-refractivity contribution in [2.75, 3.05) is 13.2 Å². The van der Waals surface area contributed by atoms with Crippen LogP contribution in [0.1, 0.15) is 12.5 Å². The highest BCUT2D eigenvalue weighted by Gasteiger charge is 2.00. The number of aliphatic hydroxyl groups is 1. The summed E-state index contributed by atoms with van der Waals surface area (Å²) in [6, 6.07) is 10.8. The van der Waals surface area contributed by atoms with E-state index < -0.39 is 0 Å². The molecule has 0 aliphatic carbocycles. The van der Waals surface area contributed by atoms with E-state index in [-0.39, 0.29) is 6.61 Å². The molecule has 0 heterocycles. The van der Waals surface area contributed by atoms with Crippen molar-refractivity contribution in [3.05, 3.63) is 35.9 Å². The van der Waals surface area contributed by atoms with Crippen LogP contribution < -0.4 is 5.32 Å². The van der Waals surface area contributed by atoms with Gasteiger partial charge in [0.15, 0.2) is 0 Å². The fraction of sp³-hybridized carbons (Fsp3) is 0.455.